The largest absolute Gasteiger partial charge is 0.370 e. The SMILES string of the molecule is CC(N=C(N)N)(NS(=O)(=O)c1cccc2cnccc12)c1ccccc1. The van der Waals surface area contributed by atoms with Crippen LogP contribution in [0.5, 0.6) is 0 Å². The molecule has 0 fully saturated rings. The van der Waals surface area contributed by atoms with Crippen LogP contribution in [0, 0.1) is 0 Å². The number of guanidine groups is 1. The van der Waals surface area contributed by atoms with Gasteiger partial charge in [-0.2, -0.15) is 4.72 Å². The van der Waals surface area contributed by atoms with Gasteiger partial charge in [0.1, 0.15) is 5.66 Å². The molecule has 1 aromatic heterocycles. The third-order valence-corrected chi connectivity index (χ3v) is 5.55. The molecule has 0 radical (unpaired) electrons. The van der Waals surface area contributed by atoms with Gasteiger partial charge in [-0.15, -0.1) is 0 Å². The standard InChI is InChI=1S/C18H19N5O2S/c1-18(22-17(19)20,14-7-3-2-4-8-14)23-26(24,25)16-9-5-6-13-12-21-11-10-15(13)16/h2-12,23H,1H3,(H4,19,20,22). The van der Waals surface area contributed by atoms with E-state index in [0.29, 0.717) is 10.9 Å². The van der Waals surface area contributed by atoms with E-state index in [9.17, 15) is 8.42 Å². The van der Waals surface area contributed by atoms with E-state index >= 15 is 0 Å². The fourth-order valence-corrected chi connectivity index (χ4v) is 4.34. The molecular formula is C18H19N5O2S. The molecule has 3 aromatic rings. The van der Waals surface area contributed by atoms with Gasteiger partial charge < -0.3 is 11.5 Å². The second kappa shape index (κ2) is 6.74. The van der Waals surface area contributed by atoms with Crippen LogP contribution in [0.15, 0.2) is 76.9 Å². The molecule has 0 aliphatic carbocycles. The van der Waals surface area contributed by atoms with Gasteiger partial charge in [-0.25, -0.2) is 13.4 Å². The van der Waals surface area contributed by atoms with Gasteiger partial charge in [-0.3, -0.25) is 4.98 Å². The summed E-state index contributed by atoms with van der Waals surface area (Å²) in [5.41, 5.74) is 10.4. The topological polar surface area (TPSA) is 123 Å². The molecule has 0 saturated carbocycles. The average Bonchev–Trinajstić information content (AvgIpc) is 2.61. The van der Waals surface area contributed by atoms with Crippen molar-refractivity contribution in [3.05, 3.63) is 72.6 Å². The van der Waals surface area contributed by atoms with Crippen LogP contribution in [-0.2, 0) is 15.7 Å². The average molecular weight is 369 g/mol. The molecule has 0 amide bonds. The lowest BCUT2D eigenvalue weighted by Crippen LogP contribution is -2.44. The number of rotatable bonds is 5. The summed E-state index contributed by atoms with van der Waals surface area (Å²) in [7, 11) is -3.93. The Bertz CT molecular complexity index is 1060. The molecular weight excluding hydrogens is 350 g/mol. The zero-order chi connectivity index (χ0) is 18.8. The minimum absolute atomic E-state index is 0.130. The van der Waals surface area contributed by atoms with Crippen molar-refractivity contribution in [2.45, 2.75) is 17.5 Å². The highest BCUT2D eigenvalue weighted by Crippen LogP contribution is 2.28. The fourth-order valence-electron chi connectivity index (χ4n) is 2.81. The quantitative estimate of drug-likeness (QED) is 0.466. The van der Waals surface area contributed by atoms with Gasteiger partial charge in [0.15, 0.2) is 5.96 Å². The minimum atomic E-state index is -3.93. The summed E-state index contributed by atoms with van der Waals surface area (Å²) < 4.78 is 28.9. The van der Waals surface area contributed by atoms with Gasteiger partial charge in [0, 0.05) is 23.2 Å². The third-order valence-electron chi connectivity index (χ3n) is 3.95. The second-order valence-corrected chi connectivity index (χ2v) is 7.58. The van der Waals surface area contributed by atoms with E-state index in [-0.39, 0.29) is 10.9 Å². The first-order chi connectivity index (χ1) is 12.3. The smallest absolute Gasteiger partial charge is 0.243 e. The van der Waals surface area contributed by atoms with Gasteiger partial charge in [-0.1, -0.05) is 42.5 Å². The summed E-state index contributed by atoms with van der Waals surface area (Å²) in [5.74, 6) is -0.221. The van der Waals surface area contributed by atoms with Crippen LogP contribution in [0.25, 0.3) is 10.8 Å². The molecule has 134 valence electrons. The van der Waals surface area contributed by atoms with E-state index in [1.165, 1.54) is 6.07 Å². The third kappa shape index (κ3) is 3.51. The lowest BCUT2D eigenvalue weighted by atomic mass is 10.0. The van der Waals surface area contributed by atoms with Crippen LogP contribution in [0.4, 0.5) is 0 Å². The van der Waals surface area contributed by atoms with Crippen molar-refractivity contribution in [3.8, 4) is 0 Å². The summed E-state index contributed by atoms with van der Waals surface area (Å²) in [4.78, 5) is 8.30. The van der Waals surface area contributed by atoms with Crippen molar-refractivity contribution in [2.24, 2.45) is 16.5 Å². The molecule has 0 aliphatic rings. The predicted octanol–water partition coefficient (Wildman–Crippen LogP) is 1.66. The number of nitrogens with one attached hydrogen (secondary N) is 1. The van der Waals surface area contributed by atoms with Crippen LogP contribution in [-0.4, -0.2) is 19.4 Å². The molecule has 0 aliphatic heterocycles. The van der Waals surface area contributed by atoms with Gasteiger partial charge in [-0.05, 0) is 24.6 Å². The number of aromatic nitrogens is 1. The van der Waals surface area contributed by atoms with Crippen LogP contribution < -0.4 is 16.2 Å². The van der Waals surface area contributed by atoms with Crippen LogP contribution in [0.3, 0.4) is 0 Å². The van der Waals surface area contributed by atoms with Crippen molar-refractivity contribution < 1.29 is 8.42 Å². The number of aliphatic imine (C=N–C) groups is 1. The van der Waals surface area contributed by atoms with Crippen LogP contribution in [0.1, 0.15) is 12.5 Å². The lowest BCUT2D eigenvalue weighted by molar-refractivity contribution is 0.451. The number of hydrogen-bond donors (Lipinski definition) is 3. The molecule has 1 atom stereocenters. The first-order valence-corrected chi connectivity index (χ1v) is 9.33. The summed E-state index contributed by atoms with van der Waals surface area (Å²) in [6.45, 7) is 1.60. The van der Waals surface area contributed by atoms with Crippen molar-refractivity contribution >= 4 is 26.8 Å². The highest BCUT2D eigenvalue weighted by Gasteiger charge is 2.33. The number of sulfonamides is 1. The number of nitrogens with zero attached hydrogens (tertiary/aromatic N) is 2. The first-order valence-electron chi connectivity index (χ1n) is 7.85. The Labute approximate surface area is 151 Å². The summed E-state index contributed by atoms with van der Waals surface area (Å²) in [5, 5.41) is 1.29. The molecule has 8 heteroatoms. The van der Waals surface area contributed by atoms with E-state index in [1.807, 2.05) is 6.07 Å². The van der Waals surface area contributed by atoms with Crippen LogP contribution >= 0.6 is 0 Å². The van der Waals surface area contributed by atoms with Crippen molar-refractivity contribution in [3.63, 3.8) is 0 Å². The van der Waals surface area contributed by atoms with Crippen molar-refractivity contribution in [1.29, 1.82) is 0 Å². The highest BCUT2D eigenvalue weighted by molar-refractivity contribution is 7.89. The molecule has 0 bridgehead atoms. The minimum Gasteiger partial charge on any atom is -0.370 e. The Kier molecular flexibility index (Phi) is 4.62. The Morgan fingerprint density at radius 2 is 1.81 bits per heavy atom. The van der Waals surface area contributed by atoms with Gasteiger partial charge in [0.25, 0.3) is 0 Å². The van der Waals surface area contributed by atoms with Crippen LogP contribution in [0.2, 0.25) is 0 Å². The van der Waals surface area contributed by atoms with E-state index < -0.39 is 15.7 Å². The molecule has 1 unspecified atom stereocenters. The molecule has 2 aromatic carbocycles. The summed E-state index contributed by atoms with van der Waals surface area (Å²) >= 11 is 0. The maximum Gasteiger partial charge on any atom is 0.243 e. The predicted molar refractivity (Wildman–Crippen MR) is 102 cm³/mol. The summed E-state index contributed by atoms with van der Waals surface area (Å²) in [6.07, 6.45) is 3.16. The number of fused-ring (bicyclic) bond motifs is 1. The Morgan fingerprint density at radius 3 is 2.50 bits per heavy atom. The first kappa shape index (κ1) is 17.8. The van der Waals surface area contributed by atoms with Crippen molar-refractivity contribution in [2.75, 3.05) is 0 Å². The summed E-state index contributed by atoms with van der Waals surface area (Å²) in [6, 6.07) is 15.6. The molecule has 26 heavy (non-hydrogen) atoms. The highest BCUT2D eigenvalue weighted by atomic mass is 32.2. The molecule has 1 heterocycles. The normalized spacial score (nSPS) is 13.9. The van der Waals surface area contributed by atoms with E-state index in [2.05, 4.69) is 14.7 Å². The van der Waals surface area contributed by atoms with E-state index in [4.69, 9.17) is 11.5 Å². The molecule has 5 N–H and O–H groups in total. The number of benzene rings is 2. The maximum absolute atomic E-state index is 13.1. The van der Waals surface area contributed by atoms with Gasteiger partial charge in [0.05, 0.1) is 4.90 Å². The molecule has 0 spiro atoms. The zero-order valence-corrected chi connectivity index (χ0v) is 14.9. The molecule has 0 saturated heterocycles. The second-order valence-electron chi connectivity index (χ2n) is 5.93. The monoisotopic (exact) mass is 369 g/mol. The van der Waals surface area contributed by atoms with Gasteiger partial charge >= 0.3 is 0 Å². The maximum atomic E-state index is 13.1. The molecule has 3 rings (SSSR count). The van der Waals surface area contributed by atoms with E-state index in [0.717, 1.165) is 5.39 Å². The fraction of sp³-hybridized carbons (Fsp3) is 0.111. The van der Waals surface area contributed by atoms with Gasteiger partial charge in [0.2, 0.25) is 10.0 Å². The Hall–Kier alpha value is -2.97. The molecule has 7 nitrogen and oxygen atoms in total. The Balaban J connectivity index is 2.13. The van der Waals surface area contributed by atoms with Crippen molar-refractivity contribution in [1.82, 2.24) is 9.71 Å². The zero-order valence-electron chi connectivity index (χ0n) is 14.1. The van der Waals surface area contributed by atoms with E-state index in [1.54, 1.807) is 61.8 Å². The lowest BCUT2D eigenvalue weighted by Gasteiger charge is -2.27. The number of nitrogens with two attached hydrogens (primary N) is 2. The number of pyridine rings is 1. The number of hydrogen-bond acceptors (Lipinski definition) is 4. The Morgan fingerprint density at radius 1 is 1.08 bits per heavy atom.